The van der Waals surface area contributed by atoms with E-state index in [9.17, 15) is 25.5 Å². The molecule has 0 radical (unpaired) electrons. The number of hydrogen-bond donors (Lipinski definition) is 6. The number of benzene rings is 2. The van der Waals surface area contributed by atoms with Crippen LogP contribution in [0.25, 0.3) is 0 Å². The number of rotatable bonds is 11. The number of nitrogens with one attached hydrogen (secondary N) is 1. The normalized spacial score (nSPS) is 25.6. The van der Waals surface area contributed by atoms with Gasteiger partial charge in [-0.3, -0.25) is 0 Å². The smallest absolute Gasteiger partial charge is 0.119 e. The summed E-state index contributed by atoms with van der Waals surface area (Å²) in [5.41, 5.74) is 2.35. The van der Waals surface area contributed by atoms with Gasteiger partial charge in [0.25, 0.3) is 0 Å². The minimum Gasteiger partial charge on any atom is -0.491 e. The Hall–Kier alpha value is -1.75. The number of ether oxygens (including phenoxy) is 2. The highest BCUT2D eigenvalue weighted by atomic mass is 35.5. The number of aliphatic hydroxyl groups excluding tert-OH is 5. The van der Waals surface area contributed by atoms with Gasteiger partial charge in [0.15, 0.2) is 0 Å². The van der Waals surface area contributed by atoms with Crippen molar-refractivity contribution in [1.29, 1.82) is 0 Å². The molecule has 0 aliphatic carbocycles. The van der Waals surface area contributed by atoms with Crippen molar-refractivity contribution in [2.45, 2.75) is 56.9 Å². The Morgan fingerprint density at radius 2 is 1.71 bits per heavy atom. The summed E-state index contributed by atoms with van der Waals surface area (Å²) in [7, 11) is 0. The van der Waals surface area contributed by atoms with Gasteiger partial charge < -0.3 is 40.3 Å². The summed E-state index contributed by atoms with van der Waals surface area (Å²) in [5, 5.41) is 53.8. The molecule has 9 heteroatoms. The minimum absolute atomic E-state index is 0.192. The van der Waals surface area contributed by atoms with Crippen LogP contribution in [-0.2, 0) is 11.2 Å². The largest absolute Gasteiger partial charge is 0.491 e. The molecule has 194 valence electrons. The maximum absolute atomic E-state index is 10.4. The van der Waals surface area contributed by atoms with Gasteiger partial charge in [0.05, 0.1) is 6.61 Å². The van der Waals surface area contributed by atoms with Crippen LogP contribution in [0.3, 0.4) is 0 Å². The number of hydrogen-bond acceptors (Lipinski definition) is 8. The van der Waals surface area contributed by atoms with Gasteiger partial charge in [-0.05, 0) is 53.8 Å². The van der Waals surface area contributed by atoms with Gasteiger partial charge in [0.2, 0.25) is 0 Å². The maximum Gasteiger partial charge on any atom is 0.119 e. The van der Waals surface area contributed by atoms with Gasteiger partial charge in [0, 0.05) is 11.6 Å². The highest BCUT2D eigenvalue weighted by Gasteiger charge is 2.44. The molecule has 2 aromatic rings. The van der Waals surface area contributed by atoms with Gasteiger partial charge in [-0.2, -0.15) is 0 Å². The molecule has 35 heavy (non-hydrogen) atoms. The highest BCUT2D eigenvalue weighted by Crippen LogP contribution is 2.34. The summed E-state index contributed by atoms with van der Waals surface area (Å²) in [6, 6.07) is 12.7. The van der Waals surface area contributed by atoms with E-state index in [0.29, 0.717) is 35.2 Å². The van der Waals surface area contributed by atoms with Crippen molar-refractivity contribution in [3.05, 3.63) is 64.2 Å². The molecule has 1 aliphatic rings. The van der Waals surface area contributed by atoms with E-state index in [1.165, 1.54) is 0 Å². The molecule has 0 aromatic heterocycles. The van der Waals surface area contributed by atoms with Crippen molar-refractivity contribution in [1.82, 2.24) is 5.32 Å². The third kappa shape index (κ3) is 7.62. The van der Waals surface area contributed by atoms with E-state index < -0.39 is 43.2 Å². The van der Waals surface area contributed by atoms with Crippen LogP contribution in [0, 0.1) is 5.92 Å². The first kappa shape index (κ1) is 27.8. The summed E-state index contributed by atoms with van der Waals surface area (Å²) in [5.74, 6) is 1.17. The van der Waals surface area contributed by atoms with Gasteiger partial charge in [0.1, 0.15) is 49.0 Å². The molecule has 1 heterocycles. The molecule has 2 aromatic carbocycles. The molecule has 0 saturated carbocycles. The van der Waals surface area contributed by atoms with Crippen LogP contribution in [-0.4, -0.2) is 82.4 Å². The van der Waals surface area contributed by atoms with E-state index in [2.05, 4.69) is 19.2 Å². The van der Waals surface area contributed by atoms with E-state index in [-0.39, 0.29) is 6.61 Å². The fourth-order valence-electron chi connectivity index (χ4n) is 4.00. The Bertz CT molecular complexity index is 924. The zero-order valence-corrected chi connectivity index (χ0v) is 20.8. The van der Waals surface area contributed by atoms with Crippen LogP contribution in [0.5, 0.6) is 5.75 Å². The molecule has 3 rings (SSSR count). The molecule has 0 bridgehead atoms. The van der Waals surface area contributed by atoms with Crippen molar-refractivity contribution >= 4 is 11.6 Å². The van der Waals surface area contributed by atoms with E-state index in [1.54, 1.807) is 18.2 Å². The fraction of sp³-hybridized carbons (Fsp3) is 0.538. The molecule has 0 spiro atoms. The summed E-state index contributed by atoms with van der Waals surface area (Å²) in [4.78, 5) is 0. The van der Waals surface area contributed by atoms with Crippen molar-refractivity contribution in [2.75, 3.05) is 26.3 Å². The molecular formula is C26H36ClNO7. The first-order valence-corrected chi connectivity index (χ1v) is 12.3. The van der Waals surface area contributed by atoms with E-state index in [4.69, 9.17) is 21.1 Å². The average Bonchev–Trinajstić information content (AvgIpc) is 2.83. The van der Waals surface area contributed by atoms with Crippen LogP contribution in [0.15, 0.2) is 42.5 Å². The second-order valence-corrected chi connectivity index (χ2v) is 9.85. The highest BCUT2D eigenvalue weighted by molar-refractivity contribution is 6.31. The SMILES string of the molecule is CC(C)CNC[C@H](O)COc1ccc(Cc2cc([C@@H]3O[C@H](CO)[C@@H](O)[C@H](O)[C@H]3O)ccc2Cl)cc1. The van der Waals surface area contributed by atoms with Gasteiger partial charge in [-0.15, -0.1) is 0 Å². The minimum atomic E-state index is -1.44. The Morgan fingerprint density at radius 1 is 1.00 bits per heavy atom. The molecule has 8 nitrogen and oxygen atoms in total. The quantitative estimate of drug-likeness (QED) is 0.268. The van der Waals surface area contributed by atoms with E-state index in [0.717, 1.165) is 17.7 Å². The first-order valence-electron chi connectivity index (χ1n) is 11.9. The molecular weight excluding hydrogens is 474 g/mol. The molecule has 1 aliphatic heterocycles. The monoisotopic (exact) mass is 509 g/mol. The van der Waals surface area contributed by atoms with E-state index >= 15 is 0 Å². The lowest BCUT2D eigenvalue weighted by Crippen LogP contribution is -2.55. The zero-order chi connectivity index (χ0) is 25.5. The van der Waals surface area contributed by atoms with Crippen molar-refractivity contribution in [3.63, 3.8) is 0 Å². The second-order valence-electron chi connectivity index (χ2n) is 9.44. The predicted molar refractivity (Wildman–Crippen MR) is 133 cm³/mol. The fourth-order valence-corrected chi connectivity index (χ4v) is 4.18. The topological polar surface area (TPSA) is 132 Å². The molecule has 1 fully saturated rings. The summed E-state index contributed by atoms with van der Waals surface area (Å²) >= 11 is 6.42. The van der Waals surface area contributed by atoms with Crippen molar-refractivity contribution in [2.24, 2.45) is 5.92 Å². The Balaban J connectivity index is 1.62. The molecule has 0 unspecified atom stereocenters. The lowest BCUT2D eigenvalue weighted by molar-refractivity contribution is -0.231. The molecule has 6 atom stereocenters. The third-order valence-corrected chi connectivity index (χ3v) is 6.35. The Morgan fingerprint density at radius 3 is 2.37 bits per heavy atom. The third-order valence-electron chi connectivity index (χ3n) is 5.98. The van der Waals surface area contributed by atoms with E-state index in [1.807, 2.05) is 24.3 Å². The lowest BCUT2D eigenvalue weighted by atomic mass is 9.90. The summed E-state index contributed by atoms with van der Waals surface area (Å²) in [6.45, 7) is 5.23. The van der Waals surface area contributed by atoms with Crippen molar-refractivity contribution < 1.29 is 35.0 Å². The standard InChI is InChI=1S/C26H36ClNO7/c1-15(2)11-28-12-19(30)14-34-20-6-3-16(4-7-20)9-18-10-17(5-8-21(18)27)26-25(33)24(32)23(31)22(13-29)35-26/h3-8,10,15,19,22-26,28-33H,9,11-14H2,1-2H3/t19-,22+,23+,24-,25+,26-/m0/s1. The van der Waals surface area contributed by atoms with Gasteiger partial charge in [-0.25, -0.2) is 0 Å². The van der Waals surface area contributed by atoms with Crippen LogP contribution >= 0.6 is 11.6 Å². The summed E-state index contributed by atoms with van der Waals surface area (Å²) in [6.07, 6.45) is -6.19. The number of aliphatic hydroxyl groups is 5. The maximum atomic E-state index is 10.4. The van der Waals surface area contributed by atoms with Crippen LogP contribution < -0.4 is 10.1 Å². The molecule has 6 N–H and O–H groups in total. The number of halogens is 1. The van der Waals surface area contributed by atoms with Crippen LogP contribution in [0.2, 0.25) is 5.02 Å². The first-order chi connectivity index (χ1) is 16.7. The second kappa shape index (κ2) is 13.0. The Kier molecular flexibility index (Phi) is 10.3. The van der Waals surface area contributed by atoms with Crippen LogP contribution in [0.4, 0.5) is 0 Å². The van der Waals surface area contributed by atoms with Crippen LogP contribution in [0.1, 0.15) is 36.6 Å². The van der Waals surface area contributed by atoms with Crippen molar-refractivity contribution in [3.8, 4) is 5.75 Å². The van der Waals surface area contributed by atoms with Gasteiger partial charge >= 0.3 is 0 Å². The Labute approximate surface area is 211 Å². The molecule has 1 saturated heterocycles. The predicted octanol–water partition coefficient (Wildman–Crippen LogP) is 1.43. The van der Waals surface area contributed by atoms with Gasteiger partial charge in [-0.1, -0.05) is 49.7 Å². The summed E-state index contributed by atoms with van der Waals surface area (Å²) < 4.78 is 11.3. The molecule has 0 amide bonds. The average molecular weight is 510 g/mol. The zero-order valence-electron chi connectivity index (χ0n) is 20.0. The lowest BCUT2D eigenvalue weighted by Gasteiger charge is -2.40.